The standard InChI is InChI=1S/C9H5N3O/c10-4-6-1-2-7-8(3-6)11-5-9(13)12-7/h1-3,5,8H. The fourth-order valence-electron chi connectivity index (χ4n) is 1.18. The molecule has 4 nitrogen and oxygen atoms in total. The molecule has 1 aliphatic heterocycles. The van der Waals surface area contributed by atoms with E-state index in [1.807, 2.05) is 6.07 Å². The topological polar surface area (TPSA) is 65.6 Å². The number of amides is 1. The number of nitrogens with zero attached hydrogens (tertiary/aromatic N) is 3. The summed E-state index contributed by atoms with van der Waals surface area (Å²) in [6, 6.07) is 1.76. The summed E-state index contributed by atoms with van der Waals surface area (Å²) in [6.45, 7) is 0. The highest BCUT2D eigenvalue weighted by Crippen LogP contribution is 2.13. The molecule has 1 atom stereocenters. The Balaban J connectivity index is 2.38. The van der Waals surface area contributed by atoms with E-state index in [0.717, 1.165) is 0 Å². The SMILES string of the molecule is N#CC1=CC2N=CC(=O)N=C2C=C1. The number of hydrogen-bond donors (Lipinski definition) is 0. The molecule has 0 fully saturated rings. The highest BCUT2D eigenvalue weighted by Gasteiger charge is 2.18. The van der Waals surface area contributed by atoms with Gasteiger partial charge < -0.3 is 0 Å². The quantitative estimate of drug-likeness (QED) is 0.530. The first-order chi connectivity index (χ1) is 6.29. The lowest BCUT2D eigenvalue weighted by molar-refractivity contribution is -0.111. The van der Waals surface area contributed by atoms with Crippen LogP contribution in [0.2, 0.25) is 0 Å². The van der Waals surface area contributed by atoms with Gasteiger partial charge in [0.25, 0.3) is 5.91 Å². The molecule has 2 aliphatic rings. The van der Waals surface area contributed by atoms with Gasteiger partial charge in [0.15, 0.2) is 0 Å². The number of carbonyl (C=O) groups is 1. The van der Waals surface area contributed by atoms with Crippen molar-refractivity contribution in [2.75, 3.05) is 0 Å². The second-order valence-corrected chi connectivity index (χ2v) is 2.67. The zero-order valence-electron chi connectivity index (χ0n) is 6.64. The van der Waals surface area contributed by atoms with Crippen LogP contribution in [0, 0.1) is 11.3 Å². The van der Waals surface area contributed by atoms with Gasteiger partial charge in [-0.1, -0.05) is 0 Å². The molecule has 1 unspecified atom stereocenters. The van der Waals surface area contributed by atoms with Crippen LogP contribution in [0.5, 0.6) is 0 Å². The van der Waals surface area contributed by atoms with Crippen molar-refractivity contribution in [2.45, 2.75) is 6.04 Å². The second-order valence-electron chi connectivity index (χ2n) is 2.67. The highest BCUT2D eigenvalue weighted by atomic mass is 16.1. The minimum atomic E-state index is -0.343. The van der Waals surface area contributed by atoms with E-state index in [1.165, 1.54) is 6.21 Å². The second kappa shape index (κ2) is 2.79. The monoisotopic (exact) mass is 171 g/mol. The van der Waals surface area contributed by atoms with Crippen LogP contribution < -0.4 is 0 Å². The van der Waals surface area contributed by atoms with Crippen LogP contribution in [0.1, 0.15) is 0 Å². The highest BCUT2D eigenvalue weighted by molar-refractivity contribution is 6.32. The summed E-state index contributed by atoms with van der Waals surface area (Å²) in [6.07, 6.45) is 6.14. The molecule has 0 N–H and O–H groups in total. The first-order valence-corrected chi connectivity index (χ1v) is 3.75. The predicted octanol–water partition coefficient (Wildman–Crippen LogP) is 0.427. The molecule has 0 aromatic rings. The van der Waals surface area contributed by atoms with Crippen LogP contribution in [0.15, 0.2) is 33.8 Å². The molecule has 1 amide bonds. The van der Waals surface area contributed by atoms with Gasteiger partial charge in [-0.15, -0.1) is 0 Å². The van der Waals surface area contributed by atoms with Crippen molar-refractivity contribution in [1.29, 1.82) is 5.26 Å². The largest absolute Gasteiger partial charge is 0.288 e. The van der Waals surface area contributed by atoms with Gasteiger partial charge in [-0.05, 0) is 18.2 Å². The van der Waals surface area contributed by atoms with Crippen molar-refractivity contribution in [1.82, 2.24) is 0 Å². The first kappa shape index (κ1) is 7.62. The van der Waals surface area contributed by atoms with E-state index in [0.29, 0.717) is 11.3 Å². The minimum absolute atomic E-state index is 0.252. The van der Waals surface area contributed by atoms with Crippen molar-refractivity contribution in [3.8, 4) is 6.07 Å². The number of rotatable bonds is 0. The van der Waals surface area contributed by atoms with Gasteiger partial charge in [-0.2, -0.15) is 5.26 Å². The normalized spacial score (nSPS) is 24.5. The maximum atomic E-state index is 10.8. The lowest BCUT2D eigenvalue weighted by Gasteiger charge is -2.14. The van der Waals surface area contributed by atoms with Crippen molar-refractivity contribution in [3.63, 3.8) is 0 Å². The van der Waals surface area contributed by atoms with E-state index in [-0.39, 0.29) is 11.9 Å². The van der Waals surface area contributed by atoms with Gasteiger partial charge in [-0.25, -0.2) is 4.99 Å². The third kappa shape index (κ3) is 1.32. The van der Waals surface area contributed by atoms with E-state index in [9.17, 15) is 4.79 Å². The molecule has 0 aromatic heterocycles. The molecular weight excluding hydrogens is 166 g/mol. The molecule has 0 aromatic carbocycles. The maximum Gasteiger partial charge on any atom is 0.288 e. The summed E-state index contributed by atoms with van der Waals surface area (Å²) in [7, 11) is 0. The predicted molar refractivity (Wildman–Crippen MR) is 47.6 cm³/mol. The summed E-state index contributed by atoms with van der Waals surface area (Å²) in [5.74, 6) is -0.343. The van der Waals surface area contributed by atoms with E-state index >= 15 is 0 Å². The zero-order valence-corrected chi connectivity index (χ0v) is 6.64. The van der Waals surface area contributed by atoms with Gasteiger partial charge in [0.2, 0.25) is 0 Å². The minimum Gasteiger partial charge on any atom is -0.273 e. The van der Waals surface area contributed by atoms with Crippen molar-refractivity contribution in [3.05, 3.63) is 23.8 Å². The lowest BCUT2D eigenvalue weighted by Crippen LogP contribution is -2.23. The molecule has 4 heteroatoms. The number of hydrogen-bond acceptors (Lipinski definition) is 3. The third-order valence-corrected chi connectivity index (χ3v) is 1.79. The Bertz CT molecular complexity index is 421. The molecule has 0 saturated heterocycles. The van der Waals surface area contributed by atoms with Crippen LogP contribution in [0.25, 0.3) is 0 Å². The summed E-state index contributed by atoms with van der Waals surface area (Å²) in [5.41, 5.74) is 1.15. The lowest BCUT2D eigenvalue weighted by atomic mass is 10.0. The van der Waals surface area contributed by atoms with E-state index < -0.39 is 0 Å². The first-order valence-electron chi connectivity index (χ1n) is 3.75. The molecule has 1 aliphatic carbocycles. The van der Waals surface area contributed by atoms with Gasteiger partial charge in [0.1, 0.15) is 6.04 Å². The average Bonchev–Trinajstić information content (AvgIpc) is 2.17. The van der Waals surface area contributed by atoms with Gasteiger partial charge in [0, 0.05) is 0 Å². The van der Waals surface area contributed by atoms with Crippen LogP contribution in [0.4, 0.5) is 0 Å². The molecule has 13 heavy (non-hydrogen) atoms. The number of nitriles is 1. The number of aliphatic imine (C=N–C) groups is 2. The van der Waals surface area contributed by atoms with E-state index in [2.05, 4.69) is 9.98 Å². The summed E-state index contributed by atoms with van der Waals surface area (Å²) in [5, 5.41) is 8.61. The molecule has 0 radical (unpaired) electrons. The molecule has 2 rings (SSSR count). The Morgan fingerprint density at radius 3 is 3.08 bits per heavy atom. The fourth-order valence-corrected chi connectivity index (χ4v) is 1.18. The van der Waals surface area contributed by atoms with E-state index in [1.54, 1.807) is 18.2 Å². The van der Waals surface area contributed by atoms with Crippen molar-refractivity contribution in [2.24, 2.45) is 9.98 Å². The Morgan fingerprint density at radius 2 is 2.31 bits per heavy atom. The van der Waals surface area contributed by atoms with Gasteiger partial charge in [0.05, 0.1) is 23.6 Å². The molecule has 0 bridgehead atoms. The summed E-state index contributed by atoms with van der Waals surface area (Å²) < 4.78 is 0. The van der Waals surface area contributed by atoms with Crippen LogP contribution in [0.3, 0.4) is 0 Å². The number of allylic oxidation sites excluding steroid dienone is 2. The smallest absolute Gasteiger partial charge is 0.273 e. The Labute approximate surface area is 74.6 Å². The van der Waals surface area contributed by atoms with E-state index in [4.69, 9.17) is 5.26 Å². The number of carbonyl (C=O) groups excluding carboxylic acids is 1. The fraction of sp³-hybridized carbons (Fsp3) is 0.111. The summed E-state index contributed by atoms with van der Waals surface area (Å²) in [4.78, 5) is 18.5. The van der Waals surface area contributed by atoms with Crippen molar-refractivity contribution < 1.29 is 4.79 Å². The van der Waals surface area contributed by atoms with Gasteiger partial charge in [-0.3, -0.25) is 9.79 Å². The van der Waals surface area contributed by atoms with Crippen molar-refractivity contribution >= 4 is 17.8 Å². The van der Waals surface area contributed by atoms with Gasteiger partial charge >= 0.3 is 0 Å². The molecule has 1 heterocycles. The molecule has 0 saturated carbocycles. The number of fused-ring (bicyclic) bond motifs is 1. The Kier molecular flexibility index (Phi) is 1.64. The van der Waals surface area contributed by atoms with Crippen LogP contribution in [-0.2, 0) is 4.79 Å². The third-order valence-electron chi connectivity index (χ3n) is 1.79. The maximum absolute atomic E-state index is 10.8. The zero-order chi connectivity index (χ0) is 9.26. The average molecular weight is 171 g/mol. The Morgan fingerprint density at radius 1 is 1.46 bits per heavy atom. The van der Waals surface area contributed by atoms with Crippen LogP contribution >= 0.6 is 0 Å². The molecular formula is C9H5N3O. The van der Waals surface area contributed by atoms with Crippen LogP contribution in [-0.4, -0.2) is 23.9 Å². The molecule has 0 spiro atoms. The summed E-state index contributed by atoms with van der Waals surface area (Å²) >= 11 is 0. The Hall–Kier alpha value is -2.02. The molecule has 62 valence electrons.